The molecule has 0 atom stereocenters. The maximum atomic E-state index is 9.41. The molecule has 1 saturated carbocycles. The number of nitrogens with zero attached hydrogens (tertiary/aromatic N) is 1. The van der Waals surface area contributed by atoms with Gasteiger partial charge in [-0.05, 0) is 24.6 Å². The molecular weight excluding hydrogens is 304 g/mol. The van der Waals surface area contributed by atoms with E-state index in [1.54, 1.807) is 12.1 Å². The van der Waals surface area contributed by atoms with Crippen LogP contribution >= 0.6 is 11.6 Å². The minimum Gasteiger partial charge on any atom is -0.400 e. The van der Waals surface area contributed by atoms with Crippen molar-refractivity contribution in [1.82, 2.24) is 0 Å². The lowest BCUT2D eigenvalue weighted by Gasteiger charge is -2.34. The summed E-state index contributed by atoms with van der Waals surface area (Å²) >= 11 is 6.00. The van der Waals surface area contributed by atoms with E-state index < -0.39 is 5.79 Å². The van der Waals surface area contributed by atoms with E-state index in [2.05, 4.69) is 4.99 Å². The van der Waals surface area contributed by atoms with Crippen LogP contribution in [0.5, 0.6) is 0 Å². The smallest absolute Gasteiger partial charge is 0.172 e. The highest BCUT2D eigenvalue weighted by Crippen LogP contribution is 2.38. The maximum Gasteiger partial charge on any atom is 0.172 e. The first-order chi connectivity index (χ1) is 10.6. The Morgan fingerprint density at radius 1 is 1.36 bits per heavy atom. The van der Waals surface area contributed by atoms with Crippen LogP contribution in [0.4, 0.5) is 5.69 Å². The van der Waals surface area contributed by atoms with Gasteiger partial charge in [-0.25, -0.2) is 0 Å². The molecule has 0 aromatic heterocycles. The van der Waals surface area contributed by atoms with Crippen molar-refractivity contribution >= 4 is 23.0 Å². The molecule has 22 heavy (non-hydrogen) atoms. The molecule has 0 radical (unpaired) electrons. The first kappa shape index (κ1) is 15.5. The van der Waals surface area contributed by atoms with Crippen molar-refractivity contribution in [3.05, 3.63) is 40.6 Å². The Labute approximate surface area is 134 Å². The highest BCUT2D eigenvalue weighted by atomic mass is 35.5. The lowest BCUT2D eigenvalue weighted by atomic mass is 9.86. The molecule has 1 aliphatic carbocycles. The van der Waals surface area contributed by atoms with Crippen molar-refractivity contribution in [3.63, 3.8) is 0 Å². The molecule has 1 heterocycles. The molecule has 1 aromatic rings. The molecule has 3 rings (SSSR count). The second-order valence-corrected chi connectivity index (χ2v) is 5.92. The van der Waals surface area contributed by atoms with Gasteiger partial charge in [0.2, 0.25) is 0 Å². The number of hydrogen-bond donors (Lipinski definition) is 2. The Morgan fingerprint density at radius 3 is 2.82 bits per heavy atom. The van der Waals surface area contributed by atoms with Crippen molar-refractivity contribution in [2.75, 3.05) is 19.8 Å². The van der Waals surface area contributed by atoms with Crippen molar-refractivity contribution < 1.29 is 14.6 Å². The topological polar surface area (TPSA) is 77.1 Å². The molecule has 6 heteroatoms. The largest absolute Gasteiger partial charge is 0.400 e. The lowest BCUT2D eigenvalue weighted by molar-refractivity contribution is -0.161. The van der Waals surface area contributed by atoms with Crippen LogP contribution in [0.1, 0.15) is 19.3 Å². The fraction of sp³-hybridized carbons (Fsp3) is 0.438. The van der Waals surface area contributed by atoms with Crippen LogP contribution in [-0.2, 0) is 9.47 Å². The number of nitrogens with two attached hydrogens (primary N) is 1. The number of aliphatic hydroxyl groups is 1. The highest BCUT2D eigenvalue weighted by molar-refractivity contribution is 6.30. The Hall–Kier alpha value is -1.40. The number of halogens is 1. The van der Waals surface area contributed by atoms with E-state index in [0.29, 0.717) is 36.8 Å². The van der Waals surface area contributed by atoms with E-state index in [9.17, 15) is 5.11 Å². The average molecular weight is 323 g/mol. The van der Waals surface area contributed by atoms with Crippen LogP contribution in [0.3, 0.4) is 0 Å². The van der Waals surface area contributed by atoms with Crippen molar-refractivity contribution in [2.24, 2.45) is 10.7 Å². The third kappa shape index (κ3) is 3.17. The molecule has 118 valence electrons. The zero-order chi connectivity index (χ0) is 15.6. The van der Waals surface area contributed by atoms with Gasteiger partial charge in [0, 0.05) is 34.8 Å². The first-order valence-electron chi connectivity index (χ1n) is 7.32. The number of aliphatic hydroxyl groups excluding tert-OH is 1. The number of rotatable bonds is 2. The van der Waals surface area contributed by atoms with Gasteiger partial charge >= 0.3 is 0 Å². The molecule has 0 bridgehead atoms. The molecular formula is C16H19ClN2O3. The van der Waals surface area contributed by atoms with E-state index in [0.717, 1.165) is 23.4 Å². The molecule has 2 fully saturated rings. The zero-order valence-electron chi connectivity index (χ0n) is 12.2. The minimum atomic E-state index is -0.609. The van der Waals surface area contributed by atoms with Gasteiger partial charge in [-0.3, -0.25) is 4.99 Å². The van der Waals surface area contributed by atoms with E-state index in [4.69, 9.17) is 26.8 Å². The number of hydrogen-bond acceptors (Lipinski definition) is 5. The quantitative estimate of drug-likeness (QED) is 0.877. The SMILES string of the molecule is N/C(CO)=C1/CC2(CCC1=Nc1cccc(Cl)c1)OCCO2. The number of benzene rings is 1. The summed E-state index contributed by atoms with van der Waals surface area (Å²) < 4.78 is 11.5. The van der Waals surface area contributed by atoms with E-state index in [1.165, 1.54) is 0 Å². The fourth-order valence-electron chi connectivity index (χ4n) is 2.88. The van der Waals surface area contributed by atoms with Crippen molar-refractivity contribution in [3.8, 4) is 0 Å². The minimum absolute atomic E-state index is 0.208. The molecule has 1 aliphatic heterocycles. The molecule has 2 aliphatic rings. The van der Waals surface area contributed by atoms with Crippen LogP contribution in [-0.4, -0.2) is 36.4 Å². The molecule has 5 nitrogen and oxygen atoms in total. The van der Waals surface area contributed by atoms with E-state index in [-0.39, 0.29) is 6.61 Å². The van der Waals surface area contributed by atoms with Gasteiger partial charge in [-0.1, -0.05) is 17.7 Å². The predicted molar refractivity (Wildman–Crippen MR) is 85.3 cm³/mol. The average Bonchev–Trinajstić information content (AvgIpc) is 2.97. The predicted octanol–water partition coefficient (Wildman–Crippen LogP) is 2.54. The summed E-state index contributed by atoms with van der Waals surface area (Å²) in [5.41, 5.74) is 8.85. The number of aliphatic imine (C=N–C) groups is 1. The lowest BCUT2D eigenvalue weighted by Crippen LogP contribution is -2.38. The highest BCUT2D eigenvalue weighted by Gasteiger charge is 2.42. The molecule has 3 N–H and O–H groups in total. The Balaban J connectivity index is 1.93. The molecule has 1 saturated heterocycles. The summed E-state index contributed by atoms with van der Waals surface area (Å²) in [6, 6.07) is 7.35. The third-order valence-electron chi connectivity index (χ3n) is 3.98. The summed E-state index contributed by atoms with van der Waals surface area (Å²) in [6.45, 7) is 0.972. The summed E-state index contributed by atoms with van der Waals surface area (Å²) in [5, 5.41) is 10.0. The molecule has 0 amide bonds. The van der Waals surface area contributed by atoms with Gasteiger partial charge in [0.1, 0.15) is 0 Å². The Kier molecular flexibility index (Phi) is 4.49. The van der Waals surface area contributed by atoms with Crippen LogP contribution < -0.4 is 5.73 Å². The van der Waals surface area contributed by atoms with Gasteiger partial charge in [0.05, 0.1) is 25.5 Å². The second kappa shape index (κ2) is 6.38. The summed E-state index contributed by atoms with van der Waals surface area (Å²) in [7, 11) is 0. The summed E-state index contributed by atoms with van der Waals surface area (Å²) in [5.74, 6) is -0.609. The zero-order valence-corrected chi connectivity index (χ0v) is 13.0. The maximum absolute atomic E-state index is 9.41. The second-order valence-electron chi connectivity index (χ2n) is 5.48. The van der Waals surface area contributed by atoms with Crippen LogP contribution in [0.25, 0.3) is 0 Å². The van der Waals surface area contributed by atoms with E-state index >= 15 is 0 Å². The van der Waals surface area contributed by atoms with Gasteiger partial charge in [0.25, 0.3) is 0 Å². The monoisotopic (exact) mass is 322 g/mol. The van der Waals surface area contributed by atoms with Crippen molar-refractivity contribution in [2.45, 2.75) is 25.0 Å². The fourth-order valence-corrected chi connectivity index (χ4v) is 3.07. The van der Waals surface area contributed by atoms with Gasteiger partial charge in [-0.15, -0.1) is 0 Å². The summed E-state index contributed by atoms with van der Waals surface area (Å²) in [6.07, 6.45) is 1.93. The van der Waals surface area contributed by atoms with E-state index in [1.807, 2.05) is 12.1 Å². The van der Waals surface area contributed by atoms with Crippen molar-refractivity contribution in [1.29, 1.82) is 0 Å². The van der Waals surface area contributed by atoms with Crippen LogP contribution in [0.2, 0.25) is 5.02 Å². The summed E-state index contributed by atoms with van der Waals surface area (Å²) in [4.78, 5) is 4.66. The molecule has 0 unspecified atom stereocenters. The van der Waals surface area contributed by atoms with Gasteiger partial charge in [0.15, 0.2) is 5.79 Å². The van der Waals surface area contributed by atoms with Crippen LogP contribution in [0.15, 0.2) is 40.5 Å². The van der Waals surface area contributed by atoms with Gasteiger partial charge in [-0.2, -0.15) is 0 Å². The normalized spacial score (nSPS) is 24.9. The third-order valence-corrected chi connectivity index (χ3v) is 4.22. The Bertz CT molecular complexity index is 622. The molecule has 1 spiro atoms. The molecule has 1 aromatic carbocycles. The first-order valence-corrected chi connectivity index (χ1v) is 7.69. The van der Waals surface area contributed by atoms with Gasteiger partial charge < -0.3 is 20.3 Å². The Morgan fingerprint density at radius 2 is 2.14 bits per heavy atom. The van der Waals surface area contributed by atoms with Crippen LogP contribution in [0, 0.1) is 0 Å². The number of ether oxygens (including phenoxy) is 2. The standard InChI is InChI=1S/C16H19ClN2O3/c17-11-2-1-3-12(8-11)19-15-4-5-16(21-6-7-22-16)9-13(15)14(18)10-20/h1-3,8,20H,4-7,9-10,18H2/b14-13-,19-15?.